The summed E-state index contributed by atoms with van der Waals surface area (Å²) in [7, 11) is -3.18. The standard InChI is InChI=1S/C23H32N4O3S/c1-3-16-31(29,30)27-14-12-26(13-15-27)23(28)19-7-10-25(11-8-19)22-6-9-24-21-5-4-18(2)17-20(21)22/h4-6,9,17,19H,3,7-8,10-16H2,1-2H3. The van der Waals surface area contributed by atoms with Crippen molar-refractivity contribution in [1.29, 1.82) is 0 Å². The number of piperazine rings is 1. The van der Waals surface area contributed by atoms with Gasteiger partial charge in [-0.2, -0.15) is 4.31 Å². The van der Waals surface area contributed by atoms with Gasteiger partial charge < -0.3 is 9.80 Å². The molecule has 8 heteroatoms. The highest BCUT2D eigenvalue weighted by Gasteiger charge is 2.33. The Labute approximate surface area is 185 Å². The Morgan fingerprint density at radius 3 is 2.45 bits per heavy atom. The van der Waals surface area contributed by atoms with Crippen LogP contribution in [0.4, 0.5) is 5.69 Å². The lowest BCUT2D eigenvalue weighted by atomic mass is 9.94. The number of aryl methyl sites for hydroxylation is 1. The average Bonchev–Trinajstić information content (AvgIpc) is 2.78. The molecule has 0 bridgehead atoms. The zero-order valence-electron chi connectivity index (χ0n) is 18.5. The van der Waals surface area contributed by atoms with E-state index in [-0.39, 0.29) is 17.6 Å². The molecule has 4 rings (SSSR count). The quantitative estimate of drug-likeness (QED) is 0.709. The molecule has 1 aromatic heterocycles. The fourth-order valence-electron chi connectivity index (χ4n) is 4.72. The van der Waals surface area contributed by atoms with E-state index in [0.717, 1.165) is 36.8 Å². The zero-order chi connectivity index (χ0) is 22.0. The SMILES string of the molecule is CCCS(=O)(=O)N1CCN(C(=O)C2CCN(c3ccnc4ccc(C)cc34)CC2)CC1. The number of rotatable bonds is 5. The van der Waals surface area contributed by atoms with E-state index in [9.17, 15) is 13.2 Å². The number of sulfonamides is 1. The van der Waals surface area contributed by atoms with Gasteiger partial charge in [-0.1, -0.05) is 18.6 Å². The number of anilines is 1. The molecular formula is C23H32N4O3S. The molecule has 2 saturated heterocycles. The predicted molar refractivity (Wildman–Crippen MR) is 124 cm³/mol. The third-order valence-corrected chi connectivity index (χ3v) is 8.54. The Kier molecular flexibility index (Phi) is 6.48. The van der Waals surface area contributed by atoms with Gasteiger partial charge in [0.25, 0.3) is 0 Å². The molecule has 7 nitrogen and oxygen atoms in total. The Hall–Kier alpha value is -2.19. The fraction of sp³-hybridized carbons (Fsp3) is 0.565. The molecule has 0 radical (unpaired) electrons. The Balaban J connectivity index is 1.36. The highest BCUT2D eigenvalue weighted by atomic mass is 32.2. The van der Waals surface area contributed by atoms with E-state index in [2.05, 4.69) is 41.1 Å². The van der Waals surface area contributed by atoms with Gasteiger partial charge in [0.15, 0.2) is 0 Å². The minimum atomic E-state index is -3.18. The molecule has 1 aromatic carbocycles. The van der Waals surface area contributed by atoms with E-state index in [4.69, 9.17) is 0 Å². The molecule has 2 fully saturated rings. The van der Waals surface area contributed by atoms with E-state index in [1.54, 1.807) is 4.31 Å². The average molecular weight is 445 g/mol. The van der Waals surface area contributed by atoms with Gasteiger partial charge in [-0.3, -0.25) is 9.78 Å². The van der Waals surface area contributed by atoms with Gasteiger partial charge in [0.05, 0.1) is 11.3 Å². The number of carbonyl (C=O) groups is 1. The molecule has 3 heterocycles. The van der Waals surface area contributed by atoms with Crippen LogP contribution in [0.15, 0.2) is 30.5 Å². The highest BCUT2D eigenvalue weighted by molar-refractivity contribution is 7.89. The van der Waals surface area contributed by atoms with E-state index in [1.807, 2.05) is 18.0 Å². The molecule has 1 amide bonds. The number of carbonyl (C=O) groups excluding carboxylic acids is 1. The first-order chi connectivity index (χ1) is 14.9. The molecule has 31 heavy (non-hydrogen) atoms. The number of benzene rings is 1. The van der Waals surface area contributed by atoms with E-state index in [0.29, 0.717) is 32.6 Å². The van der Waals surface area contributed by atoms with Crippen molar-refractivity contribution in [3.63, 3.8) is 0 Å². The first-order valence-electron chi connectivity index (χ1n) is 11.3. The number of piperidine rings is 1. The monoisotopic (exact) mass is 444 g/mol. The summed E-state index contributed by atoms with van der Waals surface area (Å²) >= 11 is 0. The summed E-state index contributed by atoms with van der Waals surface area (Å²) < 4.78 is 26.1. The van der Waals surface area contributed by atoms with Crippen LogP contribution in [0.2, 0.25) is 0 Å². The van der Waals surface area contributed by atoms with Gasteiger partial charge in [0.2, 0.25) is 15.9 Å². The minimum Gasteiger partial charge on any atom is -0.371 e. The summed E-state index contributed by atoms with van der Waals surface area (Å²) in [5.74, 6) is 0.385. The van der Waals surface area contributed by atoms with Crippen LogP contribution in [0, 0.1) is 12.8 Å². The van der Waals surface area contributed by atoms with Gasteiger partial charge in [0, 0.05) is 62.5 Å². The Bertz CT molecular complexity index is 1040. The van der Waals surface area contributed by atoms with Crippen molar-refractivity contribution in [1.82, 2.24) is 14.2 Å². The van der Waals surface area contributed by atoms with Crippen LogP contribution >= 0.6 is 0 Å². The smallest absolute Gasteiger partial charge is 0.225 e. The number of amides is 1. The molecule has 0 aliphatic carbocycles. The normalized spacial score (nSPS) is 19.2. The molecule has 0 N–H and O–H groups in total. The predicted octanol–water partition coefficient (Wildman–Crippen LogP) is 2.64. The van der Waals surface area contributed by atoms with Crippen molar-refractivity contribution in [3.8, 4) is 0 Å². The van der Waals surface area contributed by atoms with Gasteiger partial charge in [0.1, 0.15) is 0 Å². The topological polar surface area (TPSA) is 73.8 Å². The lowest BCUT2D eigenvalue weighted by Gasteiger charge is -2.38. The molecule has 2 aliphatic heterocycles. The maximum absolute atomic E-state index is 13.1. The van der Waals surface area contributed by atoms with Crippen molar-refractivity contribution < 1.29 is 13.2 Å². The third kappa shape index (κ3) is 4.70. The summed E-state index contributed by atoms with van der Waals surface area (Å²) in [6.07, 6.45) is 4.12. The number of aromatic nitrogens is 1. The summed E-state index contributed by atoms with van der Waals surface area (Å²) in [5.41, 5.74) is 3.40. The maximum atomic E-state index is 13.1. The summed E-state index contributed by atoms with van der Waals surface area (Å²) in [6, 6.07) is 8.39. The Morgan fingerprint density at radius 2 is 1.77 bits per heavy atom. The molecular weight excluding hydrogens is 412 g/mol. The van der Waals surface area contributed by atoms with Crippen LogP contribution in [-0.2, 0) is 14.8 Å². The second-order valence-electron chi connectivity index (χ2n) is 8.65. The van der Waals surface area contributed by atoms with Gasteiger partial charge >= 0.3 is 0 Å². The molecule has 2 aromatic rings. The third-order valence-electron chi connectivity index (χ3n) is 6.46. The lowest BCUT2D eigenvalue weighted by Crippen LogP contribution is -2.53. The molecule has 0 saturated carbocycles. The van der Waals surface area contributed by atoms with E-state index >= 15 is 0 Å². The highest BCUT2D eigenvalue weighted by Crippen LogP contribution is 2.30. The summed E-state index contributed by atoms with van der Waals surface area (Å²) in [5, 5.41) is 1.16. The molecule has 2 aliphatic rings. The first kappa shape index (κ1) is 22.0. The molecule has 0 atom stereocenters. The molecule has 168 valence electrons. The molecule has 0 spiro atoms. The van der Waals surface area contributed by atoms with Crippen LogP contribution in [-0.4, -0.2) is 73.5 Å². The lowest BCUT2D eigenvalue weighted by molar-refractivity contribution is -0.137. The van der Waals surface area contributed by atoms with E-state index in [1.165, 1.54) is 11.3 Å². The summed E-state index contributed by atoms with van der Waals surface area (Å²) in [6.45, 7) is 7.47. The second kappa shape index (κ2) is 9.12. The van der Waals surface area contributed by atoms with Crippen molar-refractivity contribution >= 4 is 32.5 Å². The van der Waals surface area contributed by atoms with Crippen LogP contribution in [0.25, 0.3) is 10.9 Å². The second-order valence-corrected chi connectivity index (χ2v) is 10.7. The van der Waals surface area contributed by atoms with Crippen molar-refractivity contribution in [3.05, 3.63) is 36.0 Å². The van der Waals surface area contributed by atoms with Gasteiger partial charge in [-0.05, 0) is 44.4 Å². The largest absolute Gasteiger partial charge is 0.371 e. The fourth-order valence-corrected chi connectivity index (χ4v) is 6.21. The van der Waals surface area contributed by atoms with Crippen molar-refractivity contribution in [2.24, 2.45) is 5.92 Å². The van der Waals surface area contributed by atoms with Gasteiger partial charge in [-0.15, -0.1) is 0 Å². The van der Waals surface area contributed by atoms with Crippen LogP contribution < -0.4 is 4.90 Å². The van der Waals surface area contributed by atoms with Crippen LogP contribution in [0.1, 0.15) is 31.7 Å². The zero-order valence-corrected chi connectivity index (χ0v) is 19.3. The van der Waals surface area contributed by atoms with Crippen LogP contribution in [0.3, 0.4) is 0 Å². The number of fused-ring (bicyclic) bond motifs is 1. The minimum absolute atomic E-state index is 0.0184. The first-order valence-corrected chi connectivity index (χ1v) is 12.9. The van der Waals surface area contributed by atoms with Gasteiger partial charge in [-0.25, -0.2) is 8.42 Å². The van der Waals surface area contributed by atoms with Crippen LogP contribution in [0.5, 0.6) is 0 Å². The number of hydrogen-bond donors (Lipinski definition) is 0. The Morgan fingerprint density at radius 1 is 1.06 bits per heavy atom. The number of pyridine rings is 1. The van der Waals surface area contributed by atoms with Crippen molar-refractivity contribution in [2.45, 2.75) is 33.1 Å². The number of hydrogen-bond acceptors (Lipinski definition) is 5. The molecule has 0 unspecified atom stereocenters. The van der Waals surface area contributed by atoms with Crippen molar-refractivity contribution in [2.75, 3.05) is 49.9 Å². The number of nitrogens with zero attached hydrogens (tertiary/aromatic N) is 4. The maximum Gasteiger partial charge on any atom is 0.225 e. The van der Waals surface area contributed by atoms with E-state index < -0.39 is 10.0 Å². The summed E-state index contributed by atoms with van der Waals surface area (Å²) in [4.78, 5) is 21.8.